The molecule has 1 aliphatic rings. The molecule has 1 aliphatic heterocycles. The van der Waals surface area contributed by atoms with Crippen LogP contribution in [0, 0.1) is 0 Å². The molecule has 0 aliphatic carbocycles. The largest absolute Gasteiger partial charge is 0.493 e. The number of anilines is 1. The molecule has 168 valence electrons. The molecule has 0 spiro atoms. The summed E-state index contributed by atoms with van der Waals surface area (Å²) in [6.07, 6.45) is 1.00. The first-order valence-corrected chi connectivity index (χ1v) is 10.9. The van der Waals surface area contributed by atoms with Gasteiger partial charge in [-0.1, -0.05) is 19.1 Å². The van der Waals surface area contributed by atoms with Crippen molar-refractivity contribution >= 4 is 11.6 Å². The lowest BCUT2D eigenvalue weighted by molar-refractivity contribution is -1.02. The number of benzene rings is 2. The second-order valence-electron chi connectivity index (χ2n) is 7.95. The number of hydrogen-bond donors (Lipinski definition) is 3. The first-order chi connectivity index (χ1) is 15.1. The van der Waals surface area contributed by atoms with Gasteiger partial charge in [-0.25, -0.2) is 0 Å². The molecule has 2 aromatic carbocycles. The summed E-state index contributed by atoms with van der Waals surface area (Å²) < 4.78 is 16.5. The number of piperazine rings is 1. The van der Waals surface area contributed by atoms with Crippen LogP contribution in [0.4, 0.5) is 5.69 Å². The minimum Gasteiger partial charge on any atom is -0.493 e. The zero-order valence-electron chi connectivity index (χ0n) is 19.0. The molecule has 3 N–H and O–H groups in total. The van der Waals surface area contributed by atoms with E-state index in [1.807, 2.05) is 24.3 Å². The quantitative estimate of drug-likeness (QED) is 0.533. The maximum absolute atomic E-state index is 12.4. The van der Waals surface area contributed by atoms with Crippen molar-refractivity contribution in [2.24, 2.45) is 0 Å². The van der Waals surface area contributed by atoms with Gasteiger partial charge in [0.2, 0.25) is 5.75 Å². The third-order valence-electron chi connectivity index (χ3n) is 5.95. The minimum absolute atomic E-state index is 0.0734. The van der Waals surface area contributed by atoms with Gasteiger partial charge in [0, 0.05) is 5.69 Å². The fourth-order valence-corrected chi connectivity index (χ4v) is 4.14. The number of hydrogen-bond acceptors (Lipinski definition) is 4. The van der Waals surface area contributed by atoms with E-state index in [4.69, 9.17) is 14.2 Å². The van der Waals surface area contributed by atoms with Gasteiger partial charge in [-0.05, 0) is 36.2 Å². The number of aryl methyl sites for hydroxylation is 1. The van der Waals surface area contributed by atoms with E-state index < -0.39 is 0 Å². The molecule has 0 saturated carbocycles. The topological polar surface area (TPSA) is 65.7 Å². The van der Waals surface area contributed by atoms with Crippen molar-refractivity contribution in [3.63, 3.8) is 0 Å². The van der Waals surface area contributed by atoms with Crippen LogP contribution in [0.3, 0.4) is 0 Å². The van der Waals surface area contributed by atoms with Gasteiger partial charge in [-0.3, -0.25) is 4.79 Å². The molecule has 1 heterocycles. The van der Waals surface area contributed by atoms with Crippen LogP contribution in [0.1, 0.15) is 18.1 Å². The van der Waals surface area contributed by atoms with Gasteiger partial charge in [-0.2, -0.15) is 0 Å². The number of methoxy groups -OCH3 is 3. The number of amides is 1. The van der Waals surface area contributed by atoms with Gasteiger partial charge >= 0.3 is 0 Å². The van der Waals surface area contributed by atoms with Crippen molar-refractivity contribution in [2.45, 2.75) is 19.9 Å². The summed E-state index contributed by atoms with van der Waals surface area (Å²) in [5, 5.41) is 3.02. The third-order valence-corrected chi connectivity index (χ3v) is 5.95. The number of carbonyl (C=O) groups is 1. The molecular formula is C24H35N3O4+2. The van der Waals surface area contributed by atoms with Crippen LogP contribution in [0.5, 0.6) is 17.2 Å². The summed E-state index contributed by atoms with van der Waals surface area (Å²) in [4.78, 5) is 15.2. The lowest BCUT2D eigenvalue weighted by Gasteiger charge is -2.29. The van der Waals surface area contributed by atoms with Crippen LogP contribution in [-0.2, 0) is 17.8 Å². The zero-order chi connectivity index (χ0) is 22.2. The Morgan fingerprint density at radius 2 is 1.52 bits per heavy atom. The maximum atomic E-state index is 12.4. The highest BCUT2D eigenvalue weighted by Crippen LogP contribution is 2.39. The van der Waals surface area contributed by atoms with Crippen LogP contribution < -0.4 is 29.3 Å². The predicted octanol–water partition coefficient (Wildman–Crippen LogP) is 0.197. The van der Waals surface area contributed by atoms with E-state index in [1.165, 1.54) is 15.4 Å². The molecule has 3 rings (SSSR count). The van der Waals surface area contributed by atoms with Crippen molar-refractivity contribution in [1.29, 1.82) is 0 Å². The molecule has 31 heavy (non-hydrogen) atoms. The van der Waals surface area contributed by atoms with Crippen molar-refractivity contribution in [3.05, 3.63) is 47.5 Å². The van der Waals surface area contributed by atoms with Crippen molar-refractivity contribution in [3.8, 4) is 17.2 Å². The number of carbonyl (C=O) groups excluding carboxylic acids is 1. The number of rotatable bonds is 9. The lowest BCUT2D eigenvalue weighted by Crippen LogP contribution is -3.28. The number of nitrogens with one attached hydrogen (secondary N) is 3. The Morgan fingerprint density at radius 3 is 2.10 bits per heavy atom. The molecular weight excluding hydrogens is 394 g/mol. The standard InChI is InChI=1S/C24H33N3O4/c1-5-18-6-9-20(10-7-18)25-22(28)17-27-14-12-26(13-15-27)16-19-8-11-21(29-2)24(31-4)23(19)30-3/h6-11H,5,12-17H2,1-4H3,(H,25,28)/p+2. The number of ether oxygens (including phenoxy) is 3. The van der Waals surface area contributed by atoms with Gasteiger partial charge in [0.05, 0.1) is 26.9 Å². The average molecular weight is 430 g/mol. The molecule has 1 saturated heterocycles. The van der Waals surface area contributed by atoms with E-state index in [0.717, 1.165) is 56.1 Å². The number of quaternary nitrogens is 2. The van der Waals surface area contributed by atoms with E-state index in [2.05, 4.69) is 24.4 Å². The molecule has 7 heteroatoms. The highest BCUT2D eigenvalue weighted by atomic mass is 16.5. The molecule has 0 aromatic heterocycles. The second-order valence-corrected chi connectivity index (χ2v) is 7.95. The summed E-state index contributed by atoms with van der Waals surface area (Å²) in [7, 11) is 4.91. The van der Waals surface area contributed by atoms with E-state index >= 15 is 0 Å². The Hall–Kier alpha value is -2.77. The first kappa shape index (κ1) is 22.9. The van der Waals surface area contributed by atoms with Gasteiger partial charge < -0.3 is 29.3 Å². The summed E-state index contributed by atoms with van der Waals surface area (Å²) in [6, 6.07) is 12.0. The summed E-state index contributed by atoms with van der Waals surface area (Å²) >= 11 is 0. The highest BCUT2D eigenvalue weighted by molar-refractivity contribution is 5.91. The van der Waals surface area contributed by atoms with E-state index in [1.54, 1.807) is 21.3 Å². The smallest absolute Gasteiger partial charge is 0.279 e. The third kappa shape index (κ3) is 5.89. The fraction of sp³-hybridized carbons (Fsp3) is 0.458. The Morgan fingerprint density at radius 1 is 0.871 bits per heavy atom. The van der Waals surface area contributed by atoms with Crippen LogP contribution in [0.15, 0.2) is 36.4 Å². The normalized spacial score (nSPS) is 18.3. The Balaban J connectivity index is 1.51. The maximum Gasteiger partial charge on any atom is 0.279 e. The second kappa shape index (κ2) is 11.0. The molecule has 0 atom stereocenters. The zero-order valence-corrected chi connectivity index (χ0v) is 19.0. The molecule has 1 amide bonds. The van der Waals surface area contributed by atoms with Gasteiger partial charge in [0.15, 0.2) is 18.0 Å². The SMILES string of the molecule is CCc1ccc(NC(=O)C[NH+]2CC[NH+](Cc3ccc(OC)c(OC)c3OC)CC2)cc1. The Bertz CT molecular complexity index is 862. The Labute approximate surface area is 184 Å². The van der Waals surface area contributed by atoms with Gasteiger partial charge in [0.1, 0.15) is 32.7 Å². The summed E-state index contributed by atoms with van der Waals surface area (Å²) in [6.45, 7) is 7.42. The van der Waals surface area contributed by atoms with Crippen molar-refractivity contribution < 1.29 is 28.8 Å². The van der Waals surface area contributed by atoms with E-state index in [-0.39, 0.29) is 5.91 Å². The summed E-state index contributed by atoms with van der Waals surface area (Å²) in [5.41, 5.74) is 3.24. The highest BCUT2D eigenvalue weighted by Gasteiger charge is 2.27. The monoisotopic (exact) mass is 429 g/mol. The van der Waals surface area contributed by atoms with Crippen LogP contribution in [0.25, 0.3) is 0 Å². The lowest BCUT2D eigenvalue weighted by atomic mass is 10.1. The van der Waals surface area contributed by atoms with Crippen molar-refractivity contribution in [1.82, 2.24) is 0 Å². The Kier molecular flexibility index (Phi) is 8.14. The molecule has 2 aromatic rings. The van der Waals surface area contributed by atoms with Gasteiger partial charge in [0.25, 0.3) is 5.91 Å². The molecule has 7 nitrogen and oxygen atoms in total. The van der Waals surface area contributed by atoms with E-state index in [9.17, 15) is 4.79 Å². The minimum atomic E-state index is 0.0734. The van der Waals surface area contributed by atoms with Crippen LogP contribution >= 0.6 is 0 Å². The fourth-order valence-electron chi connectivity index (χ4n) is 4.14. The van der Waals surface area contributed by atoms with Crippen LogP contribution in [0.2, 0.25) is 0 Å². The molecule has 1 fully saturated rings. The van der Waals surface area contributed by atoms with Crippen LogP contribution in [-0.4, -0.2) is 60.0 Å². The van der Waals surface area contributed by atoms with Gasteiger partial charge in [-0.15, -0.1) is 0 Å². The first-order valence-electron chi connectivity index (χ1n) is 10.9. The van der Waals surface area contributed by atoms with E-state index in [0.29, 0.717) is 18.0 Å². The molecule has 0 unspecified atom stereocenters. The molecule has 0 radical (unpaired) electrons. The predicted molar refractivity (Wildman–Crippen MR) is 121 cm³/mol. The summed E-state index contributed by atoms with van der Waals surface area (Å²) in [5.74, 6) is 2.11. The average Bonchev–Trinajstić information content (AvgIpc) is 2.80. The van der Waals surface area contributed by atoms with Crippen molar-refractivity contribution in [2.75, 3.05) is 59.4 Å². The molecule has 0 bridgehead atoms.